The molecule has 5 heteroatoms. The molecular formula is C9H5ClFNOS. The second-order valence-corrected chi connectivity index (χ2v) is 4.11. The number of rotatable bonds is 2. The topological polar surface area (TPSA) is 22.1 Å². The van der Waals surface area contributed by atoms with Gasteiger partial charge in [-0.05, 0) is 12.1 Å². The zero-order valence-electron chi connectivity index (χ0n) is 6.91. The van der Waals surface area contributed by atoms with Gasteiger partial charge in [0.1, 0.15) is 15.9 Å². The van der Waals surface area contributed by atoms with E-state index in [0.29, 0.717) is 15.3 Å². The highest BCUT2D eigenvalue weighted by molar-refractivity contribution is 7.17. The van der Waals surface area contributed by atoms with E-state index in [4.69, 9.17) is 16.3 Å². The second-order valence-electron chi connectivity index (χ2n) is 2.49. The van der Waals surface area contributed by atoms with Crippen LogP contribution in [-0.4, -0.2) is 4.98 Å². The van der Waals surface area contributed by atoms with Gasteiger partial charge in [-0.2, -0.15) is 0 Å². The summed E-state index contributed by atoms with van der Waals surface area (Å²) in [5.74, 6) is 0.0705. The third-order valence-electron chi connectivity index (χ3n) is 1.46. The molecule has 2 nitrogen and oxygen atoms in total. The lowest BCUT2D eigenvalue weighted by Crippen LogP contribution is -1.83. The fraction of sp³-hybridized carbons (Fsp3) is 0. The van der Waals surface area contributed by atoms with E-state index in [1.165, 1.54) is 29.7 Å². The maximum Gasteiger partial charge on any atom is 0.280 e. The van der Waals surface area contributed by atoms with E-state index in [1.54, 1.807) is 12.1 Å². The number of halogens is 2. The maximum atomic E-state index is 12.8. The van der Waals surface area contributed by atoms with Crippen LogP contribution in [-0.2, 0) is 0 Å². The highest BCUT2D eigenvalue weighted by Crippen LogP contribution is 2.29. The molecule has 14 heavy (non-hydrogen) atoms. The van der Waals surface area contributed by atoms with Crippen molar-refractivity contribution in [2.24, 2.45) is 0 Å². The van der Waals surface area contributed by atoms with Crippen LogP contribution in [0.3, 0.4) is 0 Å². The Kier molecular flexibility index (Phi) is 2.65. The molecule has 0 fully saturated rings. The molecular weight excluding hydrogens is 225 g/mol. The van der Waals surface area contributed by atoms with Gasteiger partial charge in [-0.3, -0.25) is 0 Å². The summed E-state index contributed by atoms with van der Waals surface area (Å²) in [4.78, 5) is 3.88. The molecule has 0 unspecified atom stereocenters. The van der Waals surface area contributed by atoms with Gasteiger partial charge in [0.05, 0.1) is 6.20 Å². The quantitative estimate of drug-likeness (QED) is 0.783. The molecule has 72 valence electrons. The van der Waals surface area contributed by atoms with Crippen LogP contribution in [0.5, 0.6) is 10.9 Å². The SMILES string of the molecule is Fc1cccc(Oc2ncc(Cl)s2)c1. The van der Waals surface area contributed by atoms with Crippen molar-refractivity contribution < 1.29 is 9.13 Å². The molecule has 0 radical (unpaired) electrons. The number of hydrogen-bond acceptors (Lipinski definition) is 3. The van der Waals surface area contributed by atoms with E-state index in [1.807, 2.05) is 0 Å². The third kappa shape index (κ3) is 2.21. The van der Waals surface area contributed by atoms with Gasteiger partial charge in [-0.25, -0.2) is 9.37 Å². The molecule has 0 aliphatic heterocycles. The Balaban J connectivity index is 2.18. The Labute approximate surface area is 88.9 Å². The minimum atomic E-state index is -0.342. The summed E-state index contributed by atoms with van der Waals surface area (Å²) >= 11 is 6.86. The lowest BCUT2D eigenvalue weighted by Gasteiger charge is -1.99. The summed E-state index contributed by atoms with van der Waals surface area (Å²) in [6.45, 7) is 0. The normalized spacial score (nSPS) is 10.1. The summed E-state index contributed by atoms with van der Waals surface area (Å²) < 4.78 is 18.6. The minimum absolute atomic E-state index is 0.342. The van der Waals surface area contributed by atoms with Crippen molar-refractivity contribution in [3.05, 3.63) is 40.6 Å². The van der Waals surface area contributed by atoms with Crippen molar-refractivity contribution in [3.63, 3.8) is 0 Å². The number of aromatic nitrogens is 1. The number of nitrogens with zero attached hydrogens (tertiary/aromatic N) is 1. The van der Waals surface area contributed by atoms with Gasteiger partial charge < -0.3 is 4.74 Å². The minimum Gasteiger partial charge on any atom is -0.431 e. The zero-order valence-corrected chi connectivity index (χ0v) is 8.48. The van der Waals surface area contributed by atoms with Gasteiger partial charge >= 0.3 is 0 Å². The molecule has 0 spiro atoms. The van der Waals surface area contributed by atoms with Crippen LogP contribution >= 0.6 is 22.9 Å². The molecule has 1 heterocycles. The monoisotopic (exact) mass is 229 g/mol. The second kappa shape index (κ2) is 3.94. The van der Waals surface area contributed by atoms with Gasteiger partial charge in [-0.15, -0.1) is 0 Å². The van der Waals surface area contributed by atoms with Crippen LogP contribution in [0.1, 0.15) is 0 Å². The van der Waals surface area contributed by atoms with Gasteiger partial charge in [0.2, 0.25) is 0 Å². The first-order valence-corrected chi connectivity index (χ1v) is 4.98. The van der Waals surface area contributed by atoms with Crippen LogP contribution in [0.2, 0.25) is 4.34 Å². The molecule has 0 bridgehead atoms. The smallest absolute Gasteiger partial charge is 0.280 e. The van der Waals surface area contributed by atoms with Crippen molar-refractivity contribution in [1.82, 2.24) is 4.98 Å². The fourth-order valence-electron chi connectivity index (χ4n) is 0.918. The molecule has 0 atom stereocenters. The molecule has 2 aromatic rings. The van der Waals surface area contributed by atoms with Crippen molar-refractivity contribution >= 4 is 22.9 Å². The summed E-state index contributed by atoms with van der Waals surface area (Å²) in [6.07, 6.45) is 1.49. The maximum absolute atomic E-state index is 12.8. The number of benzene rings is 1. The number of ether oxygens (including phenoxy) is 1. The molecule has 0 aliphatic carbocycles. The van der Waals surface area contributed by atoms with Crippen molar-refractivity contribution in [2.75, 3.05) is 0 Å². The highest BCUT2D eigenvalue weighted by atomic mass is 35.5. The first kappa shape index (κ1) is 9.43. The van der Waals surface area contributed by atoms with Crippen LogP contribution < -0.4 is 4.74 Å². The largest absolute Gasteiger partial charge is 0.431 e. The molecule has 0 saturated heterocycles. The van der Waals surface area contributed by atoms with Gasteiger partial charge in [-0.1, -0.05) is 29.0 Å². The zero-order chi connectivity index (χ0) is 9.97. The van der Waals surface area contributed by atoms with Gasteiger partial charge in [0.25, 0.3) is 5.19 Å². The first-order chi connectivity index (χ1) is 6.74. The number of hydrogen-bond donors (Lipinski definition) is 0. The Hall–Kier alpha value is -1.13. The molecule has 0 aliphatic rings. The van der Waals surface area contributed by atoms with Crippen molar-refractivity contribution in [3.8, 4) is 10.9 Å². The predicted octanol–water partition coefficient (Wildman–Crippen LogP) is 3.73. The summed E-state index contributed by atoms with van der Waals surface area (Å²) in [6, 6.07) is 5.86. The highest BCUT2D eigenvalue weighted by Gasteiger charge is 2.02. The Bertz CT molecular complexity index is 446. The number of thiazole rings is 1. The van der Waals surface area contributed by atoms with E-state index in [0.717, 1.165) is 0 Å². The standard InChI is InChI=1S/C9H5ClFNOS/c10-8-5-12-9(14-8)13-7-3-1-2-6(11)4-7/h1-5H. The van der Waals surface area contributed by atoms with E-state index in [-0.39, 0.29) is 5.82 Å². The van der Waals surface area contributed by atoms with Crippen LogP contribution in [0, 0.1) is 5.82 Å². The Morgan fingerprint density at radius 2 is 2.29 bits per heavy atom. The fourth-order valence-corrected chi connectivity index (χ4v) is 1.68. The molecule has 0 amide bonds. The van der Waals surface area contributed by atoms with Gasteiger partial charge in [0, 0.05) is 6.07 Å². The summed E-state index contributed by atoms with van der Waals surface area (Å²) in [5.41, 5.74) is 0. The molecule has 1 aromatic carbocycles. The van der Waals surface area contributed by atoms with Crippen molar-refractivity contribution in [1.29, 1.82) is 0 Å². The average Bonchev–Trinajstić information content (AvgIpc) is 2.51. The molecule has 0 saturated carbocycles. The summed E-state index contributed by atoms with van der Waals surface area (Å²) in [7, 11) is 0. The van der Waals surface area contributed by atoms with Crippen LogP contribution in [0.4, 0.5) is 4.39 Å². The first-order valence-electron chi connectivity index (χ1n) is 3.79. The average molecular weight is 230 g/mol. The van der Waals surface area contributed by atoms with E-state index in [9.17, 15) is 4.39 Å². The summed E-state index contributed by atoms with van der Waals surface area (Å²) in [5, 5.41) is 0.403. The van der Waals surface area contributed by atoms with E-state index >= 15 is 0 Å². The molecule has 2 rings (SSSR count). The lowest BCUT2D eigenvalue weighted by atomic mass is 10.3. The van der Waals surface area contributed by atoms with Crippen molar-refractivity contribution in [2.45, 2.75) is 0 Å². The van der Waals surface area contributed by atoms with Gasteiger partial charge in [0.15, 0.2) is 0 Å². The Morgan fingerprint density at radius 3 is 2.93 bits per heavy atom. The van der Waals surface area contributed by atoms with E-state index in [2.05, 4.69) is 4.98 Å². The molecule has 1 aromatic heterocycles. The van der Waals surface area contributed by atoms with Crippen LogP contribution in [0.15, 0.2) is 30.5 Å². The third-order valence-corrected chi connectivity index (χ3v) is 2.45. The predicted molar refractivity (Wildman–Crippen MR) is 53.6 cm³/mol. The molecule has 0 N–H and O–H groups in total. The van der Waals surface area contributed by atoms with Crippen LogP contribution in [0.25, 0.3) is 0 Å². The lowest BCUT2D eigenvalue weighted by molar-refractivity contribution is 0.473. The van der Waals surface area contributed by atoms with E-state index < -0.39 is 0 Å². The Morgan fingerprint density at radius 1 is 1.43 bits per heavy atom.